The van der Waals surface area contributed by atoms with Crippen LogP contribution < -0.4 is 9.47 Å². The number of carbonyl (C=O) groups is 4. The average molecular weight is 678 g/mol. The van der Waals surface area contributed by atoms with Crippen molar-refractivity contribution in [1.82, 2.24) is 14.7 Å². The van der Waals surface area contributed by atoms with Gasteiger partial charge in [-0.25, -0.2) is 4.79 Å². The minimum atomic E-state index is -1.36. The van der Waals surface area contributed by atoms with Crippen LogP contribution in [0.2, 0.25) is 0 Å². The SMILES string of the molecule is CCOC(=O)N1CCN(C(=O)C[C@H]2C[C@@]3(C(=O)OC)C(=C[C@H](COCc4ccccc4)O[C@@H]3C)N(Cc3ccc4c(c3)OCO4)C2=O)CC1. The summed E-state index contributed by atoms with van der Waals surface area (Å²) in [6.45, 7) is 5.91. The Bertz CT molecular complexity index is 1570. The van der Waals surface area contributed by atoms with Crippen LogP contribution in [0.25, 0.3) is 0 Å². The maximum Gasteiger partial charge on any atom is 0.409 e. The summed E-state index contributed by atoms with van der Waals surface area (Å²) in [5.74, 6) is -0.708. The van der Waals surface area contributed by atoms with Gasteiger partial charge >= 0.3 is 12.1 Å². The third-order valence-electron chi connectivity index (χ3n) is 9.65. The van der Waals surface area contributed by atoms with Crippen LogP contribution in [0.5, 0.6) is 11.5 Å². The third-order valence-corrected chi connectivity index (χ3v) is 9.65. The first-order chi connectivity index (χ1) is 23.7. The van der Waals surface area contributed by atoms with Crippen LogP contribution in [-0.2, 0) is 46.5 Å². The summed E-state index contributed by atoms with van der Waals surface area (Å²) >= 11 is 0. The van der Waals surface area contributed by atoms with Gasteiger partial charge < -0.3 is 43.1 Å². The van der Waals surface area contributed by atoms with Gasteiger partial charge in [0.1, 0.15) is 11.5 Å². The van der Waals surface area contributed by atoms with E-state index in [1.807, 2.05) is 42.5 Å². The zero-order valence-corrected chi connectivity index (χ0v) is 28.1. The minimum Gasteiger partial charge on any atom is -0.468 e. The second kappa shape index (κ2) is 14.9. The molecule has 0 unspecified atom stereocenters. The molecule has 0 bridgehead atoms. The van der Waals surface area contributed by atoms with Crippen LogP contribution >= 0.6 is 0 Å². The quantitative estimate of drug-likeness (QED) is 0.344. The lowest BCUT2D eigenvalue weighted by atomic mass is 9.66. The van der Waals surface area contributed by atoms with E-state index in [4.69, 9.17) is 28.4 Å². The molecule has 6 rings (SSSR count). The molecular formula is C36H43N3O10. The number of hydrogen-bond donors (Lipinski definition) is 0. The summed E-state index contributed by atoms with van der Waals surface area (Å²) in [5.41, 5.74) is 0.883. The van der Waals surface area contributed by atoms with Crippen molar-refractivity contribution in [3.05, 3.63) is 71.4 Å². The highest BCUT2D eigenvalue weighted by atomic mass is 16.7. The largest absolute Gasteiger partial charge is 0.468 e. The normalized spacial score (nSPS) is 24.6. The predicted octanol–water partition coefficient (Wildman–Crippen LogP) is 3.50. The van der Waals surface area contributed by atoms with Gasteiger partial charge in [0.2, 0.25) is 18.6 Å². The first kappa shape index (κ1) is 34.3. The second-order valence-corrected chi connectivity index (χ2v) is 12.6. The predicted molar refractivity (Wildman–Crippen MR) is 174 cm³/mol. The number of hydrogen-bond acceptors (Lipinski definition) is 10. The highest BCUT2D eigenvalue weighted by Gasteiger charge is 2.59. The van der Waals surface area contributed by atoms with Crippen molar-refractivity contribution in [2.24, 2.45) is 11.3 Å². The van der Waals surface area contributed by atoms with Crippen molar-refractivity contribution in [2.75, 3.05) is 53.3 Å². The van der Waals surface area contributed by atoms with E-state index in [-0.39, 0.29) is 51.2 Å². The number of rotatable bonds is 10. The van der Waals surface area contributed by atoms with Crippen LogP contribution in [0.1, 0.15) is 37.8 Å². The summed E-state index contributed by atoms with van der Waals surface area (Å²) in [6.07, 6.45) is 0.0498. The number of esters is 1. The van der Waals surface area contributed by atoms with E-state index >= 15 is 0 Å². The van der Waals surface area contributed by atoms with E-state index in [0.29, 0.717) is 50.0 Å². The van der Waals surface area contributed by atoms with Crippen LogP contribution in [0.4, 0.5) is 4.79 Å². The first-order valence-corrected chi connectivity index (χ1v) is 16.7. The molecule has 3 amide bonds. The van der Waals surface area contributed by atoms with E-state index in [1.54, 1.807) is 40.7 Å². The zero-order valence-electron chi connectivity index (χ0n) is 28.1. The molecule has 0 aliphatic carbocycles. The number of methoxy groups -OCH3 is 1. The number of benzene rings is 2. The number of ether oxygens (including phenoxy) is 6. The number of piperazine rings is 1. The monoisotopic (exact) mass is 677 g/mol. The molecule has 4 aliphatic rings. The summed E-state index contributed by atoms with van der Waals surface area (Å²) < 4.78 is 34.0. The maximum absolute atomic E-state index is 14.5. The lowest BCUT2D eigenvalue weighted by molar-refractivity contribution is -0.178. The fourth-order valence-corrected chi connectivity index (χ4v) is 7.10. The van der Waals surface area contributed by atoms with Crippen LogP contribution in [0.3, 0.4) is 0 Å². The van der Waals surface area contributed by atoms with Crippen molar-refractivity contribution < 1.29 is 47.6 Å². The van der Waals surface area contributed by atoms with Crippen molar-refractivity contribution in [2.45, 2.75) is 52.0 Å². The van der Waals surface area contributed by atoms with Crippen LogP contribution in [0.15, 0.2) is 60.3 Å². The van der Waals surface area contributed by atoms with Gasteiger partial charge in [0.05, 0.1) is 39.6 Å². The lowest BCUT2D eigenvalue weighted by Gasteiger charge is -2.51. The Labute approximate surface area is 285 Å². The van der Waals surface area contributed by atoms with Gasteiger partial charge in [-0.3, -0.25) is 14.4 Å². The van der Waals surface area contributed by atoms with Gasteiger partial charge in [0.15, 0.2) is 11.5 Å². The molecule has 49 heavy (non-hydrogen) atoms. The molecule has 4 atom stereocenters. The molecule has 4 aliphatic heterocycles. The van der Waals surface area contributed by atoms with E-state index in [0.717, 1.165) is 11.1 Å². The Morgan fingerprint density at radius 3 is 2.43 bits per heavy atom. The molecule has 0 saturated carbocycles. The van der Waals surface area contributed by atoms with E-state index in [1.165, 1.54) is 7.11 Å². The molecule has 2 aromatic carbocycles. The van der Waals surface area contributed by atoms with E-state index in [9.17, 15) is 19.2 Å². The molecule has 0 aromatic heterocycles. The molecule has 0 radical (unpaired) electrons. The summed E-state index contributed by atoms with van der Waals surface area (Å²) in [6, 6.07) is 15.2. The van der Waals surface area contributed by atoms with E-state index < -0.39 is 35.6 Å². The third kappa shape index (κ3) is 7.09. The summed E-state index contributed by atoms with van der Waals surface area (Å²) in [7, 11) is 1.32. The Balaban J connectivity index is 1.27. The van der Waals surface area contributed by atoms with Crippen molar-refractivity contribution >= 4 is 23.9 Å². The van der Waals surface area contributed by atoms with E-state index in [2.05, 4.69) is 0 Å². The van der Waals surface area contributed by atoms with Crippen LogP contribution in [-0.4, -0.2) is 104 Å². The Hall–Kier alpha value is -4.62. The molecule has 0 N–H and O–H groups in total. The highest BCUT2D eigenvalue weighted by molar-refractivity contribution is 5.93. The smallest absolute Gasteiger partial charge is 0.409 e. The maximum atomic E-state index is 14.5. The molecule has 4 heterocycles. The molecule has 13 heteroatoms. The summed E-state index contributed by atoms with van der Waals surface area (Å²) in [5, 5.41) is 0. The Kier molecular flexibility index (Phi) is 10.4. The number of fused-ring (bicyclic) bond motifs is 2. The fraction of sp³-hybridized carbons (Fsp3) is 0.500. The number of amides is 3. The number of carbonyl (C=O) groups excluding carboxylic acids is 4. The van der Waals surface area contributed by atoms with Crippen LogP contribution in [0, 0.1) is 11.3 Å². The second-order valence-electron chi connectivity index (χ2n) is 12.6. The van der Waals surface area contributed by atoms with Crippen molar-refractivity contribution in [1.29, 1.82) is 0 Å². The molecule has 0 spiro atoms. The first-order valence-electron chi connectivity index (χ1n) is 16.7. The number of piperidine rings is 1. The lowest BCUT2D eigenvalue weighted by Crippen LogP contribution is -2.60. The number of likely N-dealkylation sites (tertiary alicyclic amines) is 1. The van der Waals surface area contributed by atoms with Gasteiger partial charge in [-0.15, -0.1) is 0 Å². The average Bonchev–Trinajstić information content (AvgIpc) is 3.59. The Morgan fingerprint density at radius 1 is 0.959 bits per heavy atom. The molecule has 2 fully saturated rings. The molecular weight excluding hydrogens is 634 g/mol. The van der Waals surface area contributed by atoms with Crippen molar-refractivity contribution in [3.8, 4) is 11.5 Å². The van der Waals surface area contributed by atoms with Gasteiger partial charge in [0, 0.05) is 44.2 Å². The number of nitrogens with zero attached hydrogens (tertiary/aromatic N) is 3. The van der Waals surface area contributed by atoms with Crippen molar-refractivity contribution in [3.63, 3.8) is 0 Å². The zero-order chi connectivity index (χ0) is 34.5. The fourth-order valence-electron chi connectivity index (χ4n) is 7.10. The molecule has 2 aromatic rings. The summed E-state index contributed by atoms with van der Waals surface area (Å²) in [4.78, 5) is 59.1. The Morgan fingerprint density at radius 2 is 1.69 bits per heavy atom. The minimum absolute atomic E-state index is 0.0370. The highest BCUT2D eigenvalue weighted by Crippen LogP contribution is 2.51. The van der Waals surface area contributed by atoms with Gasteiger partial charge in [-0.05, 0) is 49.6 Å². The molecule has 262 valence electrons. The molecule has 2 saturated heterocycles. The van der Waals surface area contributed by atoms with Gasteiger partial charge in [-0.2, -0.15) is 0 Å². The van der Waals surface area contributed by atoms with Gasteiger partial charge in [-0.1, -0.05) is 36.4 Å². The van der Waals surface area contributed by atoms with Gasteiger partial charge in [0.25, 0.3) is 0 Å². The molecule has 13 nitrogen and oxygen atoms in total. The topological polar surface area (TPSA) is 133 Å². The standard InChI is InChI=1S/C36H43N3O10/c1-4-46-35(43)38-14-12-37(13-15-38)32(40)17-27-19-36(34(42)44-3)24(2)49-28(22-45-21-25-8-6-5-7-9-25)18-31(36)39(33(27)41)20-26-10-11-29-30(16-26)48-23-47-29/h5-11,16,18,24,27-28H,4,12-15,17,19-23H2,1-3H3/t24-,27+,28-,36+/m1/s1.